The molecular formula is C13H16O5. The molecule has 1 aromatic rings. The third kappa shape index (κ3) is 3.00. The van der Waals surface area contributed by atoms with Crippen LogP contribution in [0, 0.1) is 5.41 Å². The van der Waals surface area contributed by atoms with Gasteiger partial charge in [-0.25, -0.2) is 4.79 Å². The first kappa shape index (κ1) is 14.0. The third-order valence-corrected chi connectivity index (χ3v) is 2.85. The first-order chi connectivity index (χ1) is 8.27. The van der Waals surface area contributed by atoms with Crippen molar-refractivity contribution in [3.63, 3.8) is 0 Å². The van der Waals surface area contributed by atoms with Gasteiger partial charge in [0.05, 0.1) is 5.41 Å². The van der Waals surface area contributed by atoms with Gasteiger partial charge in [0.15, 0.2) is 0 Å². The van der Waals surface area contributed by atoms with Crippen molar-refractivity contribution in [2.75, 3.05) is 0 Å². The van der Waals surface area contributed by atoms with E-state index in [4.69, 9.17) is 9.84 Å². The summed E-state index contributed by atoms with van der Waals surface area (Å²) in [4.78, 5) is 22.5. The molecule has 0 aromatic heterocycles. The zero-order valence-corrected chi connectivity index (χ0v) is 10.6. The van der Waals surface area contributed by atoms with Crippen LogP contribution in [-0.2, 0) is 4.79 Å². The summed E-state index contributed by atoms with van der Waals surface area (Å²) in [6, 6.07) is 3.65. The van der Waals surface area contributed by atoms with E-state index in [-0.39, 0.29) is 11.3 Å². The van der Waals surface area contributed by atoms with E-state index in [0.29, 0.717) is 6.42 Å². The maximum atomic E-state index is 11.8. The van der Waals surface area contributed by atoms with Crippen molar-refractivity contribution < 1.29 is 24.5 Å². The highest BCUT2D eigenvalue weighted by molar-refractivity contribution is 5.91. The van der Waals surface area contributed by atoms with Gasteiger partial charge < -0.3 is 14.9 Å². The number of ether oxygens (including phenoxy) is 1. The van der Waals surface area contributed by atoms with Crippen molar-refractivity contribution in [3.05, 3.63) is 23.8 Å². The summed E-state index contributed by atoms with van der Waals surface area (Å²) in [6.45, 7) is 5.37. The van der Waals surface area contributed by atoms with Gasteiger partial charge in [0.2, 0.25) is 0 Å². The number of carbonyl (C=O) groups excluding carboxylic acids is 1. The van der Waals surface area contributed by atoms with Crippen LogP contribution in [0.5, 0.6) is 11.5 Å². The Morgan fingerprint density at radius 2 is 1.94 bits per heavy atom. The summed E-state index contributed by atoms with van der Waals surface area (Å²) >= 11 is 0. The molecule has 98 valence electrons. The molecule has 1 rings (SSSR count). The Kier molecular flexibility index (Phi) is 3.96. The average molecular weight is 252 g/mol. The average Bonchev–Trinajstić information content (AvgIpc) is 2.28. The van der Waals surface area contributed by atoms with Crippen molar-refractivity contribution in [1.29, 1.82) is 0 Å². The second-order valence-corrected chi connectivity index (χ2v) is 4.61. The van der Waals surface area contributed by atoms with Gasteiger partial charge in [0.1, 0.15) is 17.1 Å². The number of aromatic carboxylic acids is 1. The van der Waals surface area contributed by atoms with Crippen molar-refractivity contribution in [2.24, 2.45) is 5.41 Å². The Balaban J connectivity index is 2.91. The first-order valence-electron chi connectivity index (χ1n) is 5.56. The number of hydrogen-bond donors (Lipinski definition) is 2. The number of esters is 1. The predicted octanol–water partition coefficient (Wildman–Crippen LogP) is 2.43. The van der Waals surface area contributed by atoms with Crippen LogP contribution < -0.4 is 4.74 Å². The molecule has 2 N–H and O–H groups in total. The van der Waals surface area contributed by atoms with Crippen LogP contribution in [0.1, 0.15) is 37.6 Å². The maximum absolute atomic E-state index is 11.8. The molecule has 0 fully saturated rings. The number of carboxylic acid groups (broad SMARTS) is 1. The summed E-state index contributed by atoms with van der Waals surface area (Å²) in [5, 5.41) is 18.2. The monoisotopic (exact) mass is 252 g/mol. The summed E-state index contributed by atoms with van der Waals surface area (Å²) in [7, 11) is 0. The van der Waals surface area contributed by atoms with Gasteiger partial charge in [0.25, 0.3) is 0 Å². The van der Waals surface area contributed by atoms with Gasteiger partial charge in [-0.05, 0) is 32.4 Å². The van der Waals surface area contributed by atoms with E-state index in [0.717, 1.165) is 6.07 Å². The van der Waals surface area contributed by atoms with Crippen molar-refractivity contribution in [2.45, 2.75) is 27.2 Å². The highest BCUT2D eigenvalue weighted by atomic mass is 16.5. The molecule has 0 aliphatic rings. The number of carboxylic acids is 1. The Labute approximate surface area is 105 Å². The number of rotatable bonds is 4. The molecule has 0 radical (unpaired) electrons. The zero-order chi connectivity index (χ0) is 13.9. The lowest BCUT2D eigenvalue weighted by atomic mass is 9.91. The van der Waals surface area contributed by atoms with Gasteiger partial charge in [0, 0.05) is 6.07 Å². The molecule has 0 atom stereocenters. The lowest BCUT2D eigenvalue weighted by Crippen LogP contribution is -2.28. The lowest BCUT2D eigenvalue weighted by molar-refractivity contribution is -0.144. The number of phenols is 1. The number of hydrogen-bond acceptors (Lipinski definition) is 4. The van der Waals surface area contributed by atoms with Crippen LogP contribution in [0.4, 0.5) is 0 Å². The molecule has 0 aliphatic carbocycles. The largest absolute Gasteiger partial charge is 0.507 e. The van der Waals surface area contributed by atoms with E-state index in [2.05, 4.69) is 0 Å². The molecule has 1 aromatic carbocycles. The molecule has 0 spiro atoms. The Hall–Kier alpha value is -2.04. The molecular weight excluding hydrogens is 236 g/mol. The quantitative estimate of drug-likeness (QED) is 0.635. The first-order valence-corrected chi connectivity index (χ1v) is 5.56. The molecule has 0 heterocycles. The van der Waals surface area contributed by atoms with Crippen LogP contribution in [0.2, 0.25) is 0 Å². The van der Waals surface area contributed by atoms with E-state index in [9.17, 15) is 14.7 Å². The highest BCUT2D eigenvalue weighted by Crippen LogP contribution is 2.27. The van der Waals surface area contributed by atoms with Crippen LogP contribution in [0.15, 0.2) is 18.2 Å². The standard InChI is InChI=1S/C13H16O5/c1-4-13(2,3)12(17)18-8-5-6-9(11(15)16)10(14)7-8/h5-7,14H,4H2,1-3H3,(H,15,16). The molecule has 0 bridgehead atoms. The fourth-order valence-corrected chi connectivity index (χ4v) is 1.15. The van der Waals surface area contributed by atoms with Crippen molar-refractivity contribution in [3.8, 4) is 11.5 Å². The van der Waals surface area contributed by atoms with Crippen LogP contribution in [-0.4, -0.2) is 22.2 Å². The zero-order valence-electron chi connectivity index (χ0n) is 10.6. The van der Waals surface area contributed by atoms with Crippen molar-refractivity contribution in [1.82, 2.24) is 0 Å². The highest BCUT2D eigenvalue weighted by Gasteiger charge is 2.27. The van der Waals surface area contributed by atoms with Gasteiger partial charge >= 0.3 is 11.9 Å². The van der Waals surface area contributed by atoms with Gasteiger partial charge in [-0.1, -0.05) is 6.92 Å². The fraction of sp³-hybridized carbons (Fsp3) is 0.385. The van der Waals surface area contributed by atoms with Gasteiger partial charge in [-0.2, -0.15) is 0 Å². The number of benzene rings is 1. The van der Waals surface area contributed by atoms with Crippen LogP contribution in [0.25, 0.3) is 0 Å². The molecule has 0 saturated carbocycles. The second kappa shape index (κ2) is 5.08. The molecule has 5 heteroatoms. The molecule has 5 nitrogen and oxygen atoms in total. The normalized spacial score (nSPS) is 11.1. The van der Waals surface area contributed by atoms with Gasteiger partial charge in [-0.3, -0.25) is 4.79 Å². The summed E-state index contributed by atoms with van der Waals surface area (Å²) < 4.78 is 5.09. The molecule has 18 heavy (non-hydrogen) atoms. The van der Waals surface area contributed by atoms with Gasteiger partial charge in [-0.15, -0.1) is 0 Å². The molecule has 0 amide bonds. The summed E-state index contributed by atoms with van der Waals surface area (Å²) in [5.74, 6) is -1.96. The smallest absolute Gasteiger partial charge is 0.339 e. The molecule has 0 saturated heterocycles. The summed E-state index contributed by atoms with van der Waals surface area (Å²) in [6.07, 6.45) is 0.616. The topological polar surface area (TPSA) is 83.8 Å². The number of carbonyl (C=O) groups is 2. The minimum atomic E-state index is -1.24. The lowest BCUT2D eigenvalue weighted by Gasteiger charge is -2.20. The maximum Gasteiger partial charge on any atom is 0.339 e. The second-order valence-electron chi connectivity index (χ2n) is 4.61. The Morgan fingerprint density at radius 3 is 2.39 bits per heavy atom. The fourth-order valence-electron chi connectivity index (χ4n) is 1.15. The third-order valence-electron chi connectivity index (χ3n) is 2.85. The van der Waals surface area contributed by atoms with E-state index < -0.39 is 23.1 Å². The van der Waals surface area contributed by atoms with Crippen LogP contribution in [0.3, 0.4) is 0 Å². The SMILES string of the molecule is CCC(C)(C)C(=O)Oc1ccc(C(=O)O)c(O)c1. The predicted molar refractivity (Wildman–Crippen MR) is 64.8 cm³/mol. The Bertz CT molecular complexity index is 476. The molecule has 0 unspecified atom stereocenters. The Morgan fingerprint density at radius 1 is 1.33 bits per heavy atom. The summed E-state index contributed by atoms with van der Waals surface area (Å²) in [5.41, 5.74) is -0.856. The minimum Gasteiger partial charge on any atom is -0.507 e. The van der Waals surface area contributed by atoms with E-state index in [1.54, 1.807) is 13.8 Å². The minimum absolute atomic E-state index is 0.129. The van der Waals surface area contributed by atoms with E-state index >= 15 is 0 Å². The number of aromatic hydroxyl groups is 1. The van der Waals surface area contributed by atoms with Crippen molar-refractivity contribution >= 4 is 11.9 Å². The van der Waals surface area contributed by atoms with E-state index in [1.165, 1.54) is 12.1 Å². The molecule has 0 aliphatic heterocycles. The van der Waals surface area contributed by atoms with E-state index in [1.807, 2.05) is 6.92 Å². The van der Waals surface area contributed by atoms with Crippen LogP contribution >= 0.6 is 0 Å².